The van der Waals surface area contributed by atoms with Crippen LogP contribution >= 0.6 is 11.8 Å². The second-order valence-corrected chi connectivity index (χ2v) is 6.53. The van der Waals surface area contributed by atoms with Gasteiger partial charge < -0.3 is 4.90 Å². The maximum Gasteiger partial charge on any atom is 0.126 e. The van der Waals surface area contributed by atoms with Gasteiger partial charge in [0.25, 0.3) is 0 Å². The van der Waals surface area contributed by atoms with E-state index in [1.54, 1.807) is 11.8 Å². The van der Waals surface area contributed by atoms with Crippen LogP contribution in [-0.4, -0.2) is 18.8 Å². The van der Waals surface area contributed by atoms with E-state index in [1.807, 2.05) is 7.05 Å². The van der Waals surface area contributed by atoms with E-state index in [0.29, 0.717) is 0 Å². The van der Waals surface area contributed by atoms with Crippen LogP contribution in [0.5, 0.6) is 0 Å². The topological polar surface area (TPSA) is 27.0 Å². The number of hydrogen-bond acceptors (Lipinski definition) is 3. The molecule has 17 heavy (non-hydrogen) atoms. The van der Waals surface area contributed by atoms with E-state index in [9.17, 15) is 5.26 Å². The lowest BCUT2D eigenvalue weighted by Gasteiger charge is -2.36. The van der Waals surface area contributed by atoms with Gasteiger partial charge in [-0.3, -0.25) is 0 Å². The van der Waals surface area contributed by atoms with Crippen LogP contribution in [0.3, 0.4) is 0 Å². The maximum atomic E-state index is 9.18. The first kappa shape index (κ1) is 12.3. The molecule has 1 heterocycles. The fourth-order valence-corrected chi connectivity index (χ4v) is 3.37. The molecule has 1 aromatic carbocycles. The minimum atomic E-state index is -0.0176. The van der Waals surface area contributed by atoms with Gasteiger partial charge >= 0.3 is 0 Å². The van der Waals surface area contributed by atoms with Crippen molar-refractivity contribution in [3.63, 3.8) is 0 Å². The van der Waals surface area contributed by atoms with Gasteiger partial charge in [-0.25, -0.2) is 0 Å². The summed E-state index contributed by atoms with van der Waals surface area (Å²) in [5, 5.41) is 9.18. The fourth-order valence-electron chi connectivity index (χ4n) is 2.17. The van der Waals surface area contributed by atoms with Crippen LogP contribution in [0.2, 0.25) is 0 Å². The highest BCUT2D eigenvalue weighted by Gasteiger charge is 2.29. The van der Waals surface area contributed by atoms with Gasteiger partial charge in [0, 0.05) is 17.7 Å². The van der Waals surface area contributed by atoms with Crippen molar-refractivity contribution < 1.29 is 0 Å². The second-order valence-electron chi connectivity index (χ2n) is 5.47. The molecule has 1 atom stereocenters. The Kier molecular flexibility index (Phi) is 3.09. The van der Waals surface area contributed by atoms with Crippen molar-refractivity contribution in [2.75, 3.05) is 17.7 Å². The zero-order valence-corrected chi connectivity index (χ0v) is 11.6. The van der Waals surface area contributed by atoms with Crippen molar-refractivity contribution >= 4 is 17.4 Å². The number of thioether (sulfide) groups is 1. The summed E-state index contributed by atoms with van der Waals surface area (Å²) in [6.07, 6.45) is 0. The molecule has 0 N–H and O–H groups in total. The first-order valence-electron chi connectivity index (χ1n) is 5.84. The van der Waals surface area contributed by atoms with E-state index < -0.39 is 0 Å². The average Bonchev–Trinajstić information content (AvgIpc) is 2.28. The van der Waals surface area contributed by atoms with Crippen molar-refractivity contribution in [3.8, 4) is 6.07 Å². The third kappa shape index (κ3) is 2.14. The summed E-state index contributed by atoms with van der Waals surface area (Å²) < 4.78 is 0. The molecule has 2 nitrogen and oxygen atoms in total. The van der Waals surface area contributed by atoms with Crippen molar-refractivity contribution in [1.82, 2.24) is 0 Å². The van der Waals surface area contributed by atoms with E-state index in [-0.39, 0.29) is 11.5 Å². The molecule has 3 heteroatoms. The molecule has 1 aliphatic rings. The summed E-state index contributed by atoms with van der Waals surface area (Å²) in [6.45, 7) is 6.66. The Bertz CT molecular complexity index is 468. The summed E-state index contributed by atoms with van der Waals surface area (Å²) >= 11 is 1.79. The molecule has 90 valence electrons. The number of nitrogens with zero attached hydrogens (tertiary/aromatic N) is 2. The van der Waals surface area contributed by atoms with E-state index >= 15 is 0 Å². The molecule has 0 amide bonds. The third-order valence-electron chi connectivity index (χ3n) is 3.17. The molecule has 1 aromatic rings. The van der Waals surface area contributed by atoms with Crippen molar-refractivity contribution in [2.45, 2.75) is 37.1 Å². The van der Waals surface area contributed by atoms with Gasteiger partial charge in [0.1, 0.15) is 6.04 Å². The van der Waals surface area contributed by atoms with Crippen LogP contribution in [-0.2, 0) is 5.41 Å². The molecular weight excluding hydrogens is 228 g/mol. The Balaban J connectivity index is 2.57. The molecule has 0 saturated carbocycles. The van der Waals surface area contributed by atoms with E-state index in [2.05, 4.69) is 49.9 Å². The number of rotatable bonds is 0. The summed E-state index contributed by atoms with van der Waals surface area (Å²) in [5.41, 5.74) is 2.67. The number of para-hydroxylation sites is 1. The SMILES string of the molecule is CN1c2c(cccc2C(C)(C)C)SCC1C#N. The van der Waals surface area contributed by atoms with Crippen LogP contribution in [0.15, 0.2) is 23.1 Å². The first-order chi connectivity index (χ1) is 7.95. The summed E-state index contributed by atoms with van der Waals surface area (Å²) in [4.78, 5) is 3.43. The molecule has 0 aromatic heterocycles. The number of nitriles is 1. The summed E-state index contributed by atoms with van der Waals surface area (Å²) in [6, 6.07) is 8.81. The molecular formula is C14H18N2S. The molecule has 0 aliphatic carbocycles. The Morgan fingerprint density at radius 1 is 1.41 bits per heavy atom. The standard InChI is InChI=1S/C14H18N2S/c1-14(2,3)11-6-5-7-12-13(11)16(4)10(8-15)9-17-12/h5-7,10H,9H2,1-4H3. The largest absolute Gasteiger partial charge is 0.357 e. The van der Waals surface area contributed by atoms with Crippen LogP contribution in [0.1, 0.15) is 26.3 Å². The van der Waals surface area contributed by atoms with Crippen molar-refractivity contribution in [3.05, 3.63) is 23.8 Å². The van der Waals surface area contributed by atoms with E-state index in [0.717, 1.165) is 5.75 Å². The number of anilines is 1. The molecule has 0 bridgehead atoms. The van der Waals surface area contributed by atoms with Gasteiger partial charge in [0.15, 0.2) is 0 Å². The number of fused-ring (bicyclic) bond motifs is 1. The van der Waals surface area contributed by atoms with Gasteiger partial charge in [0.2, 0.25) is 0 Å². The van der Waals surface area contributed by atoms with Gasteiger partial charge in [0.05, 0.1) is 11.8 Å². The highest BCUT2D eigenvalue weighted by atomic mass is 32.2. The molecule has 2 rings (SSSR count). The normalized spacial score (nSPS) is 19.7. The zero-order valence-electron chi connectivity index (χ0n) is 10.8. The summed E-state index contributed by atoms with van der Waals surface area (Å²) in [7, 11) is 2.03. The molecule has 1 aliphatic heterocycles. The van der Waals surface area contributed by atoms with E-state index in [4.69, 9.17) is 0 Å². The lowest BCUT2D eigenvalue weighted by atomic mass is 9.85. The van der Waals surface area contributed by atoms with Gasteiger partial charge in [-0.05, 0) is 17.0 Å². The second kappa shape index (κ2) is 4.27. The van der Waals surface area contributed by atoms with Crippen LogP contribution in [0.4, 0.5) is 5.69 Å². The molecule has 1 unspecified atom stereocenters. The molecule has 0 saturated heterocycles. The van der Waals surface area contributed by atoms with Gasteiger partial charge in [-0.15, -0.1) is 11.8 Å². The van der Waals surface area contributed by atoms with Crippen LogP contribution in [0.25, 0.3) is 0 Å². The first-order valence-corrected chi connectivity index (χ1v) is 6.82. The predicted molar refractivity (Wildman–Crippen MR) is 73.7 cm³/mol. The lowest BCUT2D eigenvalue weighted by Crippen LogP contribution is -2.37. The fraction of sp³-hybridized carbons (Fsp3) is 0.500. The smallest absolute Gasteiger partial charge is 0.126 e. The minimum Gasteiger partial charge on any atom is -0.357 e. The number of benzene rings is 1. The zero-order chi connectivity index (χ0) is 12.6. The maximum absolute atomic E-state index is 9.18. The predicted octanol–water partition coefficient (Wildman–Crippen LogP) is 3.42. The van der Waals surface area contributed by atoms with Gasteiger partial charge in [-0.1, -0.05) is 32.9 Å². The van der Waals surface area contributed by atoms with Crippen LogP contribution in [0, 0.1) is 11.3 Å². The molecule has 0 radical (unpaired) electrons. The Morgan fingerprint density at radius 3 is 2.71 bits per heavy atom. The monoisotopic (exact) mass is 246 g/mol. The third-order valence-corrected chi connectivity index (χ3v) is 4.30. The Labute approximate surface area is 108 Å². The number of hydrogen-bond donors (Lipinski definition) is 0. The summed E-state index contributed by atoms with van der Waals surface area (Å²) in [5.74, 6) is 0.855. The highest BCUT2D eigenvalue weighted by Crippen LogP contribution is 2.42. The quantitative estimate of drug-likeness (QED) is 0.702. The van der Waals surface area contributed by atoms with Crippen LogP contribution < -0.4 is 4.90 Å². The highest BCUT2D eigenvalue weighted by molar-refractivity contribution is 7.99. The Hall–Kier alpha value is -1.14. The molecule has 0 fully saturated rings. The van der Waals surface area contributed by atoms with Gasteiger partial charge in [-0.2, -0.15) is 5.26 Å². The molecule has 0 spiro atoms. The average molecular weight is 246 g/mol. The van der Waals surface area contributed by atoms with Crippen molar-refractivity contribution in [2.24, 2.45) is 0 Å². The lowest BCUT2D eigenvalue weighted by molar-refractivity contribution is 0.584. The Morgan fingerprint density at radius 2 is 2.12 bits per heavy atom. The minimum absolute atomic E-state index is 0.0176. The van der Waals surface area contributed by atoms with Crippen molar-refractivity contribution in [1.29, 1.82) is 5.26 Å². The van der Waals surface area contributed by atoms with E-state index in [1.165, 1.54) is 16.1 Å².